The zero-order valence-electron chi connectivity index (χ0n) is 10.1. The third-order valence-electron chi connectivity index (χ3n) is 3.38. The second-order valence-corrected chi connectivity index (χ2v) is 5.45. The molecule has 1 spiro atoms. The molecule has 3 heterocycles. The van der Waals surface area contributed by atoms with Gasteiger partial charge in [-0.25, -0.2) is 4.79 Å². The number of carbonyl (C=O) groups is 1. The van der Waals surface area contributed by atoms with Crippen LogP contribution in [0.15, 0.2) is 17.5 Å². The number of urea groups is 1. The summed E-state index contributed by atoms with van der Waals surface area (Å²) in [6.45, 7) is 2.69. The Hall–Kier alpha value is -1.11. The molecule has 18 heavy (non-hydrogen) atoms. The van der Waals surface area contributed by atoms with Crippen molar-refractivity contribution in [2.75, 3.05) is 31.6 Å². The second kappa shape index (κ2) is 4.87. The van der Waals surface area contributed by atoms with Gasteiger partial charge in [-0.3, -0.25) is 5.32 Å². The van der Waals surface area contributed by atoms with Gasteiger partial charge < -0.3 is 14.4 Å². The number of likely N-dealkylation sites (tertiary alicyclic amines) is 1. The van der Waals surface area contributed by atoms with E-state index in [0.717, 1.165) is 17.8 Å². The van der Waals surface area contributed by atoms with Crippen LogP contribution in [0.4, 0.5) is 9.80 Å². The van der Waals surface area contributed by atoms with Crippen LogP contribution in [0.25, 0.3) is 0 Å². The van der Waals surface area contributed by atoms with E-state index in [1.165, 1.54) is 11.3 Å². The zero-order valence-corrected chi connectivity index (χ0v) is 10.9. The van der Waals surface area contributed by atoms with E-state index in [2.05, 4.69) is 5.32 Å². The van der Waals surface area contributed by atoms with Crippen molar-refractivity contribution < 1.29 is 14.3 Å². The van der Waals surface area contributed by atoms with E-state index in [1.807, 2.05) is 22.4 Å². The van der Waals surface area contributed by atoms with Crippen molar-refractivity contribution in [3.05, 3.63) is 17.5 Å². The van der Waals surface area contributed by atoms with E-state index in [1.54, 1.807) is 0 Å². The van der Waals surface area contributed by atoms with Gasteiger partial charge in [0.25, 0.3) is 0 Å². The molecule has 2 aliphatic heterocycles. The first kappa shape index (κ1) is 12.0. The second-order valence-electron chi connectivity index (χ2n) is 4.50. The molecular weight excluding hydrogens is 252 g/mol. The van der Waals surface area contributed by atoms with E-state index in [9.17, 15) is 4.79 Å². The summed E-state index contributed by atoms with van der Waals surface area (Å²) < 4.78 is 11.3. The Labute approximate surface area is 110 Å². The number of hydrogen-bond acceptors (Lipinski definition) is 4. The molecule has 0 aliphatic carbocycles. The van der Waals surface area contributed by atoms with Crippen LogP contribution in [-0.2, 0) is 9.47 Å². The van der Waals surface area contributed by atoms with E-state index in [4.69, 9.17) is 9.47 Å². The van der Waals surface area contributed by atoms with E-state index >= 15 is 0 Å². The molecule has 2 aliphatic rings. The van der Waals surface area contributed by atoms with Gasteiger partial charge in [0.2, 0.25) is 0 Å². The summed E-state index contributed by atoms with van der Waals surface area (Å²) in [6, 6.07) is 3.79. The Morgan fingerprint density at radius 1 is 1.33 bits per heavy atom. The molecule has 2 fully saturated rings. The number of piperidine rings is 1. The van der Waals surface area contributed by atoms with Gasteiger partial charge in [0, 0.05) is 25.9 Å². The Bertz CT molecular complexity index is 405. The molecule has 1 N–H and O–H groups in total. The lowest BCUT2D eigenvalue weighted by Gasteiger charge is -2.37. The SMILES string of the molecule is O=C(Nc1cccs1)N1CCC2(CC1)OCCO2. The van der Waals surface area contributed by atoms with Crippen LogP contribution in [0.5, 0.6) is 0 Å². The summed E-state index contributed by atoms with van der Waals surface area (Å²) in [6.07, 6.45) is 1.51. The van der Waals surface area contributed by atoms with Crippen molar-refractivity contribution in [2.24, 2.45) is 0 Å². The molecule has 0 radical (unpaired) electrons. The molecule has 2 amide bonds. The molecule has 0 aromatic carbocycles. The highest BCUT2D eigenvalue weighted by Crippen LogP contribution is 2.31. The first-order valence-corrected chi connectivity index (χ1v) is 7.03. The maximum Gasteiger partial charge on any atom is 0.322 e. The maximum absolute atomic E-state index is 12.0. The van der Waals surface area contributed by atoms with E-state index in [-0.39, 0.29) is 6.03 Å². The minimum absolute atomic E-state index is 0.0368. The monoisotopic (exact) mass is 268 g/mol. The fourth-order valence-corrected chi connectivity index (χ4v) is 2.98. The summed E-state index contributed by atoms with van der Waals surface area (Å²) >= 11 is 1.53. The summed E-state index contributed by atoms with van der Waals surface area (Å²) in [5.41, 5.74) is 0. The smallest absolute Gasteiger partial charge is 0.322 e. The molecule has 1 aromatic heterocycles. The quantitative estimate of drug-likeness (QED) is 0.848. The first-order valence-electron chi connectivity index (χ1n) is 6.15. The van der Waals surface area contributed by atoms with E-state index in [0.29, 0.717) is 26.3 Å². The summed E-state index contributed by atoms with van der Waals surface area (Å²) in [5, 5.41) is 5.72. The van der Waals surface area contributed by atoms with Gasteiger partial charge in [-0.05, 0) is 17.5 Å². The van der Waals surface area contributed by atoms with Crippen LogP contribution < -0.4 is 5.32 Å². The van der Waals surface area contributed by atoms with Crippen molar-refractivity contribution in [3.63, 3.8) is 0 Å². The predicted molar refractivity (Wildman–Crippen MR) is 68.8 cm³/mol. The van der Waals surface area contributed by atoms with Crippen molar-refractivity contribution in [3.8, 4) is 0 Å². The minimum atomic E-state index is -0.417. The van der Waals surface area contributed by atoms with Crippen LogP contribution in [0, 0.1) is 0 Å². The largest absolute Gasteiger partial charge is 0.347 e. The standard InChI is InChI=1S/C12H16N2O3S/c15-11(13-10-2-1-9-18-10)14-5-3-12(4-6-14)16-7-8-17-12/h1-2,9H,3-8H2,(H,13,15). The maximum atomic E-state index is 12.0. The van der Waals surface area contributed by atoms with Crippen LogP contribution in [-0.4, -0.2) is 43.0 Å². The van der Waals surface area contributed by atoms with Crippen molar-refractivity contribution in [1.82, 2.24) is 4.90 Å². The van der Waals surface area contributed by atoms with Gasteiger partial charge in [-0.15, -0.1) is 11.3 Å². The fourth-order valence-electron chi connectivity index (χ4n) is 2.37. The molecular formula is C12H16N2O3S. The number of rotatable bonds is 1. The number of thiophene rings is 1. The predicted octanol–water partition coefficient (Wildman–Crippen LogP) is 2.12. The topological polar surface area (TPSA) is 50.8 Å². The van der Waals surface area contributed by atoms with Crippen LogP contribution >= 0.6 is 11.3 Å². The highest BCUT2D eigenvalue weighted by atomic mass is 32.1. The normalized spacial score (nSPS) is 22.3. The lowest BCUT2D eigenvalue weighted by Crippen LogP contribution is -2.48. The number of hydrogen-bond donors (Lipinski definition) is 1. The third-order valence-corrected chi connectivity index (χ3v) is 4.16. The summed E-state index contributed by atoms with van der Waals surface area (Å²) in [5.74, 6) is -0.417. The first-order chi connectivity index (χ1) is 8.77. The third kappa shape index (κ3) is 2.36. The molecule has 0 bridgehead atoms. The van der Waals surface area contributed by atoms with Crippen molar-refractivity contribution in [2.45, 2.75) is 18.6 Å². The average molecular weight is 268 g/mol. The number of ether oxygens (including phenoxy) is 2. The summed E-state index contributed by atoms with van der Waals surface area (Å²) in [4.78, 5) is 13.8. The van der Waals surface area contributed by atoms with Crippen molar-refractivity contribution in [1.29, 1.82) is 0 Å². The minimum Gasteiger partial charge on any atom is -0.347 e. The van der Waals surface area contributed by atoms with Gasteiger partial charge in [0.05, 0.1) is 18.2 Å². The molecule has 0 atom stereocenters. The Morgan fingerprint density at radius 2 is 2.06 bits per heavy atom. The Balaban J connectivity index is 1.54. The van der Waals surface area contributed by atoms with Gasteiger partial charge in [0.1, 0.15) is 0 Å². The molecule has 1 aromatic rings. The molecule has 0 saturated carbocycles. The van der Waals surface area contributed by atoms with Crippen LogP contribution in [0.3, 0.4) is 0 Å². The Kier molecular flexibility index (Phi) is 3.23. The average Bonchev–Trinajstić information content (AvgIpc) is 3.03. The molecule has 0 unspecified atom stereocenters. The fraction of sp³-hybridized carbons (Fsp3) is 0.583. The highest BCUT2D eigenvalue weighted by Gasteiger charge is 2.40. The van der Waals surface area contributed by atoms with Gasteiger partial charge in [-0.1, -0.05) is 0 Å². The number of nitrogens with one attached hydrogen (secondary N) is 1. The lowest BCUT2D eigenvalue weighted by atomic mass is 10.0. The number of nitrogens with zero attached hydrogens (tertiary/aromatic N) is 1. The molecule has 5 nitrogen and oxygen atoms in total. The van der Waals surface area contributed by atoms with Crippen molar-refractivity contribution >= 4 is 22.4 Å². The van der Waals surface area contributed by atoms with Gasteiger partial charge >= 0.3 is 6.03 Å². The lowest BCUT2D eigenvalue weighted by molar-refractivity contribution is -0.181. The number of anilines is 1. The molecule has 3 rings (SSSR count). The molecule has 2 saturated heterocycles. The Morgan fingerprint density at radius 3 is 2.67 bits per heavy atom. The van der Waals surface area contributed by atoms with Gasteiger partial charge in [0.15, 0.2) is 5.79 Å². The van der Waals surface area contributed by atoms with E-state index < -0.39 is 5.79 Å². The zero-order chi connectivity index (χ0) is 12.4. The number of carbonyl (C=O) groups excluding carboxylic acids is 1. The molecule has 98 valence electrons. The van der Waals surface area contributed by atoms with Crippen LogP contribution in [0.2, 0.25) is 0 Å². The van der Waals surface area contributed by atoms with Crippen LogP contribution in [0.1, 0.15) is 12.8 Å². The highest BCUT2D eigenvalue weighted by molar-refractivity contribution is 7.14. The molecule has 6 heteroatoms. The number of amides is 2. The van der Waals surface area contributed by atoms with Gasteiger partial charge in [-0.2, -0.15) is 0 Å². The summed E-state index contributed by atoms with van der Waals surface area (Å²) in [7, 11) is 0.